The molecule has 0 spiro atoms. The minimum Gasteiger partial charge on any atom is -0.464 e. The van der Waals surface area contributed by atoms with Crippen molar-refractivity contribution in [2.24, 2.45) is 5.73 Å². The Hall–Kier alpha value is -0.610. The van der Waals surface area contributed by atoms with E-state index in [1.807, 2.05) is 20.8 Å². The van der Waals surface area contributed by atoms with E-state index in [4.69, 9.17) is 15.2 Å². The molecule has 0 aromatic rings. The van der Waals surface area contributed by atoms with Crippen molar-refractivity contribution < 1.29 is 14.3 Å². The van der Waals surface area contributed by atoms with Gasteiger partial charge in [-0.3, -0.25) is 0 Å². The number of hydrogen-bond donors (Lipinski definition) is 1. The van der Waals surface area contributed by atoms with Gasteiger partial charge < -0.3 is 15.2 Å². The Morgan fingerprint density at radius 3 is 2.36 bits per heavy atom. The summed E-state index contributed by atoms with van der Waals surface area (Å²) in [4.78, 5) is 11.4. The summed E-state index contributed by atoms with van der Waals surface area (Å²) in [6.45, 7) is 8.25. The number of carbonyl (C=O) groups is 1. The summed E-state index contributed by atoms with van der Waals surface area (Å²) in [5, 5.41) is 0. The first-order chi connectivity index (χ1) is 6.40. The summed E-state index contributed by atoms with van der Waals surface area (Å²) in [5.74, 6) is -0.326. The first-order valence-electron chi connectivity index (χ1n) is 4.95. The second-order valence-corrected chi connectivity index (χ2v) is 4.05. The summed E-state index contributed by atoms with van der Waals surface area (Å²) in [5.41, 5.74) is 5.04. The van der Waals surface area contributed by atoms with Gasteiger partial charge in [-0.05, 0) is 40.7 Å². The van der Waals surface area contributed by atoms with Crippen molar-refractivity contribution in [3.8, 4) is 0 Å². The van der Waals surface area contributed by atoms with Gasteiger partial charge >= 0.3 is 5.97 Å². The Balaban J connectivity index is 4.21. The second-order valence-electron chi connectivity index (χ2n) is 4.05. The number of rotatable bonds is 5. The van der Waals surface area contributed by atoms with Gasteiger partial charge in [-0.2, -0.15) is 0 Å². The fraction of sp³-hybridized carbons (Fsp3) is 0.900. The zero-order valence-electron chi connectivity index (χ0n) is 9.50. The van der Waals surface area contributed by atoms with Gasteiger partial charge in [0.05, 0.1) is 12.2 Å². The number of nitrogens with two attached hydrogens (primary N) is 1. The van der Waals surface area contributed by atoms with Gasteiger partial charge in [-0.25, -0.2) is 4.79 Å². The van der Waals surface area contributed by atoms with Crippen LogP contribution in [0.3, 0.4) is 0 Å². The van der Waals surface area contributed by atoms with Crippen LogP contribution in [0.2, 0.25) is 0 Å². The number of ether oxygens (including phenoxy) is 2. The molecule has 0 amide bonds. The van der Waals surface area contributed by atoms with Crippen LogP contribution >= 0.6 is 0 Å². The van der Waals surface area contributed by atoms with E-state index in [-0.39, 0.29) is 11.6 Å². The molecule has 0 unspecified atom stereocenters. The number of carbonyl (C=O) groups excluding carboxylic acids is 1. The normalized spacial score (nSPS) is 13.8. The molecule has 4 nitrogen and oxygen atoms in total. The number of esters is 1. The standard InChI is InChI=1S/C10H21NO3/c1-5-13-9(12)8(6-7-11)14-10(2,3)4/h8H,5-7,11H2,1-4H3/t8-/m1/s1. The lowest BCUT2D eigenvalue weighted by atomic mass is 10.1. The van der Waals surface area contributed by atoms with Crippen LogP contribution in [0.4, 0.5) is 0 Å². The molecule has 0 aromatic heterocycles. The third-order valence-electron chi connectivity index (χ3n) is 1.47. The van der Waals surface area contributed by atoms with E-state index >= 15 is 0 Å². The lowest BCUT2D eigenvalue weighted by Crippen LogP contribution is -2.36. The maximum absolute atomic E-state index is 11.4. The molecule has 4 heteroatoms. The van der Waals surface area contributed by atoms with E-state index in [2.05, 4.69) is 0 Å². The smallest absolute Gasteiger partial charge is 0.335 e. The van der Waals surface area contributed by atoms with E-state index in [9.17, 15) is 4.79 Å². The highest BCUT2D eigenvalue weighted by atomic mass is 16.6. The Bertz CT molecular complexity index is 175. The van der Waals surface area contributed by atoms with Gasteiger partial charge in [0.15, 0.2) is 6.10 Å². The molecule has 1 atom stereocenters. The van der Waals surface area contributed by atoms with E-state index in [0.29, 0.717) is 19.6 Å². The maximum Gasteiger partial charge on any atom is 0.335 e. The molecule has 0 fully saturated rings. The summed E-state index contributed by atoms with van der Waals surface area (Å²) >= 11 is 0. The van der Waals surface area contributed by atoms with E-state index < -0.39 is 6.10 Å². The van der Waals surface area contributed by atoms with Crippen molar-refractivity contribution in [1.29, 1.82) is 0 Å². The molecule has 0 saturated heterocycles. The molecule has 0 aliphatic heterocycles. The van der Waals surface area contributed by atoms with Gasteiger partial charge in [0.2, 0.25) is 0 Å². The second kappa shape index (κ2) is 5.98. The molecule has 0 aromatic carbocycles. The summed E-state index contributed by atoms with van der Waals surface area (Å²) in [6, 6.07) is 0. The van der Waals surface area contributed by atoms with Gasteiger partial charge in [-0.1, -0.05) is 0 Å². The van der Waals surface area contributed by atoms with Crippen molar-refractivity contribution in [1.82, 2.24) is 0 Å². The van der Waals surface area contributed by atoms with Gasteiger partial charge in [0.1, 0.15) is 0 Å². The molecule has 0 rings (SSSR count). The van der Waals surface area contributed by atoms with Gasteiger partial charge in [0, 0.05) is 0 Å². The third-order valence-corrected chi connectivity index (χ3v) is 1.47. The van der Waals surface area contributed by atoms with Gasteiger partial charge in [0.25, 0.3) is 0 Å². The lowest BCUT2D eigenvalue weighted by molar-refractivity contribution is -0.166. The van der Waals surface area contributed by atoms with Crippen molar-refractivity contribution in [3.05, 3.63) is 0 Å². The van der Waals surface area contributed by atoms with Crippen LogP contribution < -0.4 is 5.73 Å². The first kappa shape index (κ1) is 13.4. The summed E-state index contributed by atoms with van der Waals surface area (Å²) < 4.78 is 10.4. The first-order valence-corrected chi connectivity index (χ1v) is 4.95. The zero-order chi connectivity index (χ0) is 11.2. The van der Waals surface area contributed by atoms with Crippen LogP contribution in [0.15, 0.2) is 0 Å². The molecule has 0 saturated carbocycles. The highest BCUT2D eigenvalue weighted by Gasteiger charge is 2.25. The monoisotopic (exact) mass is 203 g/mol. The zero-order valence-corrected chi connectivity index (χ0v) is 9.50. The lowest BCUT2D eigenvalue weighted by Gasteiger charge is -2.25. The van der Waals surface area contributed by atoms with Gasteiger partial charge in [-0.15, -0.1) is 0 Å². The Morgan fingerprint density at radius 1 is 1.43 bits per heavy atom. The molecule has 0 bridgehead atoms. The maximum atomic E-state index is 11.4. The van der Waals surface area contributed by atoms with Crippen LogP contribution in [0, 0.1) is 0 Å². The number of hydrogen-bond acceptors (Lipinski definition) is 4. The highest BCUT2D eigenvalue weighted by Crippen LogP contribution is 2.13. The molecule has 0 radical (unpaired) electrons. The molecule has 14 heavy (non-hydrogen) atoms. The predicted octanol–water partition coefficient (Wildman–Crippen LogP) is 1.08. The SMILES string of the molecule is CCOC(=O)[C@@H](CCN)OC(C)(C)C. The van der Waals surface area contributed by atoms with Crippen LogP contribution in [0.1, 0.15) is 34.1 Å². The Kier molecular flexibility index (Phi) is 5.72. The van der Waals surface area contributed by atoms with Crippen molar-refractivity contribution >= 4 is 5.97 Å². The molecular formula is C10H21NO3. The van der Waals surface area contributed by atoms with E-state index in [0.717, 1.165) is 0 Å². The molecule has 84 valence electrons. The van der Waals surface area contributed by atoms with E-state index in [1.54, 1.807) is 6.92 Å². The van der Waals surface area contributed by atoms with Crippen LogP contribution in [0.5, 0.6) is 0 Å². The average Bonchev–Trinajstić information content (AvgIpc) is 2.01. The highest BCUT2D eigenvalue weighted by molar-refractivity contribution is 5.74. The molecular weight excluding hydrogens is 182 g/mol. The quantitative estimate of drug-likeness (QED) is 0.679. The summed E-state index contributed by atoms with van der Waals surface area (Å²) in [7, 11) is 0. The minimum atomic E-state index is -0.542. The van der Waals surface area contributed by atoms with Crippen molar-refractivity contribution in [2.45, 2.75) is 45.8 Å². The third kappa shape index (κ3) is 5.94. The summed E-state index contributed by atoms with van der Waals surface area (Å²) in [6.07, 6.45) is -0.0456. The molecule has 0 aliphatic rings. The molecule has 0 heterocycles. The predicted molar refractivity (Wildman–Crippen MR) is 54.9 cm³/mol. The van der Waals surface area contributed by atoms with Crippen LogP contribution in [-0.2, 0) is 14.3 Å². The van der Waals surface area contributed by atoms with Crippen LogP contribution in [-0.4, -0.2) is 30.8 Å². The molecule has 0 aliphatic carbocycles. The van der Waals surface area contributed by atoms with E-state index in [1.165, 1.54) is 0 Å². The van der Waals surface area contributed by atoms with Crippen molar-refractivity contribution in [3.63, 3.8) is 0 Å². The average molecular weight is 203 g/mol. The molecule has 2 N–H and O–H groups in total. The van der Waals surface area contributed by atoms with Crippen molar-refractivity contribution in [2.75, 3.05) is 13.2 Å². The Morgan fingerprint density at radius 2 is 2.00 bits per heavy atom. The topological polar surface area (TPSA) is 61.5 Å². The Labute approximate surface area is 85.8 Å². The van der Waals surface area contributed by atoms with Crippen LogP contribution in [0.25, 0.3) is 0 Å². The fourth-order valence-electron chi connectivity index (χ4n) is 1.04. The largest absolute Gasteiger partial charge is 0.464 e. The minimum absolute atomic E-state index is 0.326. The fourth-order valence-corrected chi connectivity index (χ4v) is 1.04.